The van der Waals surface area contributed by atoms with E-state index in [1.807, 2.05) is 48.4 Å². The summed E-state index contributed by atoms with van der Waals surface area (Å²) in [6.07, 6.45) is 4.80. The molecule has 0 spiro atoms. The summed E-state index contributed by atoms with van der Waals surface area (Å²) < 4.78 is 11.9. The number of aromatic nitrogens is 2. The van der Waals surface area contributed by atoms with Gasteiger partial charge in [-0.3, -0.25) is 9.59 Å². The lowest BCUT2D eigenvalue weighted by Crippen LogP contribution is -2.40. The molecule has 3 aromatic rings. The van der Waals surface area contributed by atoms with Crippen molar-refractivity contribution in [3.63, 3.8) is 0 Å². The lowest BCUT2D eigenvalue weighted by Gasteiger charge is -2.30. The van der Waals surface area contributed by atoms with Gasteiger partial charge in [-0.2, -0.15) is 0 Å². The highest BCUT2D eigenvalue weighted by molar-refractivity contribution is 6.03. The molecule has 2 aromatic heterocycles. The highest BCUT2D eigenvalue weighted by Gasteiger charge is 2.29. The van der Waals surface area contributed by atoms with Crippen LogP contribution in [-0.4, -0.2) is 41.5 Å². The van der Waals surface area contributed by atoms with Crippen molar-refractivity contribution >= 4 is 34.7 Å². The maximum absolute atomic E-state index is 12.7. The van der Waals surface area contributed by atoms with Gasteiger partial charge in [0.1, 0.15) is 30.0 Å². The molecule has 1 atom stereocenters. The van der Waals surface area contributed by atoms with Gasteiger partial charge in [0.15, 0.2) is 0 Å². The van der Waals surface area contributed by atoms with Crippen LogP contribution in [0.2, 0.25) is 0 Å². The third kappa shape index (κ3) is 4.14. The van der Waals surface area contributed by atoms with Crippen molar-refractivity contribution in [2.24, 2.45) is 0 Å². The summed E-state index contributed by atoms with van der Waals surface area (Å²) in [7, 11) is 0. The number of hydrogen-bond donors (Lipinski definition) is 1. The van der Waals surface area contributed by atoms with E-state index in [0.717, 1.165) is 41.1 Å². The fraction of sp³-hybridized carbons (Fsp3) is 0.321. The van der Waals surface area contributed by atoms with Gasteiger partial charge in [-0.1, -0.05) is 0 Å². The van der Waals surface area contributed by atoms with Crippen molar-refractivity contribution in [1.29, 1.82) is 0 Å². The van der Waals surface area contributed by atoms with Gasteiger partial charge in [-0.15, -0.1) is 0 Å². The van der Waals surface area contributed by atoms with Crippen molar-refractivity contribution in [2.75, 3.05) is 34.8 Å². The average Bonchev–Trinajstić information content (AvgIpc) is 3.33. The minimum absolute atomic E-state index is 0.0442. The molecule has 5 heterocycles. The number of ether oxygens (including phenoxy) is 2. The van der Waals surface area contributed by atoms with Crippen LogP contribution in [0.25, 0.3) is 11.1 Å². The molecule has 1 radical (unpaired) electrons. The first-order chi connectivity index (χ1) is 17.9. The van der Waals surface area contributed by atoms with Crippen LogP contribution in [0.3, 0.4) is 0 Å². The molecule has 0 saturated carbocycles. The van der Waals surface area contributed by atoms with Gasteiger partial charge in [-0.25, -0.2) is 9.97 Å². The zero-order valence-corrected chi connectivity index (χ0v) is 21.1. The number of benzene rings is 1. The molecule has 37 heavy (non-hydrogen) atoms. The fourth-order valence-corrected chi connectivity index (χ4v) is 5.07. The van der Waals surface area contributed by atoms with Gasteiger partial charge in [0.25, 0.3) is 0 Å². The predicted molar refractivity (Wildman–Crippen MR) is 140 cm³/mol. The number of fused-ring (bicyclic) bond motifs is 4. The second-order valence-electron chi connectivity index (χ2n) is 9.72. The molecule has 1 aromatic carbocycles. The Morgan fingerprint density at radius 2 is 1.95 bits per heavy atom. The van der Waals surface area contributed by atoms with E-state index in [1.165, 1.54) is 0 Å². The molecule has 9 heteroatoms. The Morgan fingerprint density at radius 3 is 2.73 bits per heavy atom. The van der Waals surface area contributed by atoms with Crippen LogP contribution >= 0.6 is 0 Å². The first kappa shape index (κ1) is 23.3. The number of nitrogens with one attached hydrogen (secondary N) is 1. The zero-order chi connectivity index (χ0) is 25.7. The Kier molecular flexibility index (Phi) is 5.70. The summed E-state index contributed by atoms with van der Waals surface area (Å²) >= 11 is 0. The minimum Gasteiger partial charge on any atom is -0.485 e. The largest absolute Gasteiger partial charge is 0.485 e. The van der Waals surface area contributed by atoms with E-state index < -0.39 is 0 Å². The zero-order valence-electron chi connectivity index (χ0n) is 21.1. The van der Waals surface area contributed by atoms with E-state index in [1.54, 1.807) is 24.9 Å². The monoisotopic (exact) mass is 498 g/mol. The van der Waals surface area contributed by atoms with Gasteiger partial charge >= 0.3 is 0 Å². The van der Waals surface area contributed by atoms with Crippen molar-refractivity contribution in [2.45, 2.75) is 39.7 Å². The quantitative estimate of drug-likeness (QED) is 0.552. The lowest BCUT2D eigenvalue weighted by molar-refractivity contribution is -0.117. The number of pyridine rings is 2. The van der Waals surface area contributed by atoms with Crippen LogP contribution < -0.4 is 24.6 Å². The number of anilines is 4. The third-order valence-electron chi connectivity index (χ3n) is 6.94. The molecule has 9 nitrogen and oxygen atoms in total. The van der Waals surface area contributed by atoms with Crippen molar-refractivity contribution in [3.05, 3.63) is 54.2 Å². The smallest absolute Gasteiger partial charge is 0.238 e. The van der Waals surface area contributed by atoms with Gasteiger partial charge in [0.2, 0.25) is 17.7 Å². The predicted octanol–water partition coefficient (Wildman–Crippen LogP) is 4.81. The summed E-state index contributed by atoms with van der Waals surface area (Å²) in [4.78, 5) is 37.5. The topological polar surface area (TPSA) is 96.9 Å². The summed E-state index contributed by atoms with van der Waals surface area (Å²) in [5, 5.41) is 3.31. The van der Waals surface area contributed by atoms with Crippen molar-refractivity contribution in [1.82, 2.24) is 9.97 Å². The Morgan fingerprint density at radius 1 is 1.08 bits per heavy atom. The van der Waals surface area contributed by atoms with Crippen molar-refractivity contribution in [3.8, 4) is 22.8 Å². The van der Waals surface area contributed by atoms with E-state index in [0.29, 0.717) is 48.6 Å². The number of carbonyl (C=O) groups is 2. The first-order valence-electron chi connectivity index (χ1n) is 12.5. The third-order valence-corrected chi connectivity index (χ3v) is 6.94. The van der Waals surface area contributed by atoms with Gasteiger partial charge in [0.05, 0.1) is 24.3 Å². The fourth-order valence-electron chi connectivity index (χ4n) is 5.07. The van der Waals surface area contributed by atoms with Gasteiger partial charge < -0.3 is 24.6 Å². The Bertz CT molecular complexity index is 1410. The number of amides is 2. The molecule has 3 aliphatic heterocycles. The molecule has 0 bridgehead atoms. The molecular weight excluding hydrogens is 470 g/mol. The molecule has 3 aliphatic rings. The molecule has 1 saturated heterocycles. The Labute approximate surface area is 215 Å². The summed E-state index contributed by atoms with van der Waals surface area (Å²) in [6.45, 7) is 7.24. The Hall–Kier alpha value is -4.14. The van der Waals surface area contributed by atoms with Crippen LogP contribution in [0.5, 0.6) is 11.6 Å². The second-order valence-corrected chi connectivity index (χ2v) is 9.72. The normalized spacial score (nSPS) is 18.1. The highest BCUT2D eigenvalue weighted by Crippen LogP contribution is 2.45. The molecule has 1 fully saturated rings. The molecule has 189 valence electrons. The molecule has 1 unspecified atom stereocenters. The van der Waals surface area contributed by atoms with Gasteiger partial charge in [0, 0.05) is 47.6 Å². The van der Waals surface area contributed by atoms with Crippen LogP contribution in [0.15, 0.2) is 42.7 Å². The first-order valence-corrected chi connectivity index (χ1v) is 12.5. The summed E-state index contributed by atoms with van der Waals surface area (Å²) in [5.41, 5.74) is 5.18. The molecule has 2 amide bonds. The Balaban J connectivity index is 1.28. The SMILES string of the molecule is C[C](C)C(=O)N1CCOc2ncc(Nc3cc4c(cn3)-c3ccc(N5CCCC5=O)cc3OC4C)cc21. The van der Waals surface area contributed by atoms with E-state index >= 15 is 0 Å². The van der Waals surface area contributed by atoms with Gasteiger partial charge in [-0.05, 0) is 51.5 Å². The van der Waals surface area contributed by atoms with Crippen LogP contribution in [0.1, 0.15) is 45.3 Å². The maximum Gasteiger partial charge on any atom is 0.238 e. The second kappa shape index (κ2) is 9.06. The van der Waals surface area contributed by atoms with Crippen LogP contribution in [0.4, 0.5) is 22.9 Å². The summed E-state index contributed by atoms with van der Waals surface area (Å²) in [6, 6.07) is 9.76. The number of hydrogen-bond acceptors (Lipinski definition) is 7. The van der Waals surface area contributed by atoms with Crippen LogP contribution in [0, 0.1) is 5.92 Å². The number of rotatable bonds is 4. The van der Waals surface area contributed by atoms with Crippen molar-refractivity contribution < 1.29 is 19.1 Å². The van der Waals surface area contributed by atoms with E-state index in [4.69, 9.17) is 9.47 Å². The molecule has 1 N–H and O–H groups in total. The maximum atomic E-state index is 12.7. The van der Waals surface area contributed by atoms with Crippen LogP contribution in [-0.2, 0) is 9.59 Å². The average molecular weight is 499 g/mol. The number of nitrogens with zero attached hydrogens (tertiary/aromatic N) is 4. The molecule has 0 aliphatic carbocycles. The lowest BCUT2D eigenvalue weighted by atomic mass is 9.94. The number of carbonyl (C=O) groups excluding carboxylic acids is 2. The van der Waals surface area contributed by atoms with E-state index in [2.05, 4.69) is 15.3 Å². The van der Waals surface area contributed by atoms with E-state index in [9.17, 15) is 9.59 Å². The minimum atomic E-state index is -0.193. The van der Waals surface area contributed by atoms with E-state index in [-0.39, 0.29) is 17.9 Å². The molecular formula is C28H28N5O4. The highest BCUT2D eigenvalue weighted by atomic mass is 16.5. The summed E-state index contributed by atoms with van der Waals surface area (Å²) in [5.74, 6) is 2.66. The standard InChI is InChI=1S/C28H28N5O4/c1-16(2)28(35)33-9-10-36-27-23(33)11-18(14-30-27)31-25-13-21-17(3)37-24-12-19(32-8-4-5-26(32)34)6-7-20(24)22(21)15-29-25/h6-7,11-15,17H,4-5,8-10H2,1-3H3,(H,29,31). The molecule has 6 rings (SSSR count).